The molecular weight excluding hydrogens is 214 g/mol. The molecule has 0 spiro atoms. The molecule has 1 aromatic rings. The van der Waals surface area contributed by atoms with Gasteiger partial charge in [0.25, 0.3) is 0 Å². The Hall–Kier alpha value is -0.340. The summed E-state index contributed by atoms with van der Waals surface area (Å²) in [5, 5.41) is 3.15. The van der Waals surface area contributed by atoms with Crippen molar-refractivity contribution < 1.29 is 0 Å². The minimum Gasteiger partial charge on any atom is -0.319 e. The van der Waals surface area contributed by atoms with E-state index in [0.717, 1.165) is 13.0 Å². The zero-order valence-electron chi connectivity index (χ0n) is 7.52. The molecule has 12 heavy (non-hydrogen) atoms. The second kappa shape index (κ2) is 4.63. The predicted octanol–water partition coefficient (Wildman–Crippen LogP) is 2.52. The highest BCUT2D eigenvalue weighted by atomic mass is 79.9. The van der Waals surface area contributed by atoms with Crippen LogP contribution in [0.5, 0.6) is 0 Å². The van der Waals surface area contributed by atoms with Gasteiger partial charge < -0.3 is 5.32 Å². The number of halogens is 1. The lowest BCUT2D eigenvalue weighted by Crippen LogP contribution is -2.11. The number of hydrogen-bond donors (Lipinski definition) is 1. The third-order valence-corrected chi connectivity index (χ3v) is 2.72. The van der Waals surface area contributed by atoms with Crippen molar-refractivity contribution in [1.29, 1.82) is 0 Å². The smallest absolute Gasteiger partial charge is 0.0210 e. The molecule has 1 rings (SSSR count). The first-order valence-electron chi connectivity index (χ1n) is 4.14. The van der Waals surface area contributed by atoms with Gasteiger partial charge in [-0.05, 0) is 44.1 Å². The number of hydrogen-bond acceptors (Lipinski definition) is 1. The van der Waals surface area contributed by atoms with E-state index in [4.69, 9.17) is 0 Å². The molecule has 0 bridgehead atoms. The first-order valence-corrected chi connectivity index (χ1v) is 4.93. The van der Waals surface area contributed by atoms with E-state index in [1.807, 2.05) is 7.05 Å². The summed E-state index contributed by atoms with van der Waals surface area (Å²) in [6.45, 7) is 3.18. The topological polar surface area (TPSA) is 12.0 Å². The van der Waals surface area contributed by atoms with Crippen LogP contribution in [-0.2, 0) is 6.42 Å². The molecule has 0 aromatic heterocycles. The Bertz CT molecular complexity index is 238. The van der Waals surface area contributed by atoms with Gasteiger partial charge in [0.15, 0.2) is 0 Å². The van der Waals surface area contributed by atoms with Gasteiger partial charge >= 0.3 is 0 Å². The molecule has 0 saturated carbocycles. The molecule has 0 amide bonds. The maximum absolute atomic E-state index is 3.55. The number of rotatable bonds is 3. The number of benzene rings is 1. The predicted molar refractivity (Wildman–Crippen MR) is 56.5 cm³/mol. The summed E-state index contributed by atoms with van der Waals surface area (Å²) < 4.78 is 1.22. The normalized spacial score (nSPS) is 10.2. The molecule has 0 unspecified atom stereocenters. The molecule has 0 fully saturated rings. The van der Waals surface area contributed by atoms with Gasteiger partial charge in [-0.15, -0.1) is 0 Å². The monoisotopic (exact) mass is 227 g/mol. The first kappa shape index (κ1) is 9.75. The third kappa shape index (κ3) is 2.32. The van der Waals surface area contributed by atoms with Crippen molar-refractivity contribution in [2.75, 3.05) is 13.6 Å². The highest BCUT2D eigenvalue weighted by molar-refractivity contribution is 9.10. The Balaban J connectivity index is 2.81. The average molecular weight is 228 g/mol. The van der Waals surface area contributed by atoms with Gasteiger partial charge in [0.2, 0.25) is 0 Å². The zero-order chi connectivity index (χ0) is 8.97. The van der Waals surface area contributed by atoms with E-state index >= 15 is 0 Å². The Labute approximate surface area is 82.3 Å². The minimum absolute atomic E-state index is 1.03. The van der Waals surface area contributed by atoms with Crippen molar-refractivity contribution in [3.8, 4) is 0 Å². The van der Waals surface area contributed by atoms with Gasteiger partial charge in [0.05, 0.1) is 0 Å². The van der Waals surface area contributed by atoms with Crippen molar-refractivity contribution in [1.82, 2.24) is 5.32 Å². The van der Waals surface area contributed by atoms with E-state index in [0.29, 0.717) is 0 Å². The molecule has 0 saturated heterocycles. The van der Waals surface area contributed by atoms with Crippen LogP contribution in [0.2, 0.25) is 0 Å². The molecule has 1 nitrogen and oxygen atoms in total. The molecule has 1 aromatic carbocycles. The van der Waals surface area contributed by atoms with E-state index in [1.165, 1.54) is 15.6 Å². The highest BCUT2D eigenvalue weighted by Crippen LogP contribution is 2.20. The summed E-state index contributed by atoms with van der Waals surface area (Å²) in [4.78, 5) is 0. The fourth-order valence-electron chi connectivity index (χ4n) is 1.23. The van der Waals surface area contributed by atoms with Gasteiger partial charge in [-0.3, -0.25) is 0 Å². The molecule has 0 aliphatic heterocycles. The number of likely N-dealkylation sites (N-methyl/N-ethyl adjacent to an activating group) is 1. The van der Waals surface area contributed by atoms with E-state index in [9.17, 15) is 0 Å². The molecule has 0 radical (unpaired) electrons. The fourth-order valence-corrected chi connectivity index (χ4v) is 1.90. The van der Waals surface area contributed by atoms with Gasteiger partial charge in [-0.2, -0.15) is 0 Å². The number of nitrogens with one attached hydrogen (secondary N) is 1. The minimum atomic E-state index is 1.03. The summed E-state index contributed by atoms with van der Waals surface area (Å²) in [5.74, 6) is 0. The van der Waals surface area contributed by atoms with Crippen molar-refractivity contribution in [2.45, 2.75) is 13.3 Å². The van der Waals surface area contributed by atoms with Crippen LogP contribution >= 0.6 is 15.9 Å². The van der Waals surface area contributed by atoms with E-state index in [-0.39, 0.29) is 0 Å². The summed E-state index contributed by atoms with van der Waals surface area (Å²) in [5.41, 5.74) is 2.77. The van der Waals surface area contributed by atoms with Crippen LogP contribution in [0.1, 0.15) is 11.1 Å². The molecular formula is C10H14BrN. The summed E-state index contributed by atoms with van der Waals surface area (Å²) in [6.07, 6.45) is 1.09. The van der Waals surface area contributed by atoms with Crippen LogP contribution in [0, 0.1) is 6.92 Å². The Morgan fingerprint density at radius 3 is 2.75 bits per heavy atom. The summed E-state index contributed by atoms with van der Waals surface area (Å²) in [7, 11) is 1.98. The van der Waals surface area contributed by atoms with E-state index in [1.54, 1.807) is 0 Å². The van der Waals surface area contributed by atoms with Crippen LogP contribution in [0.3, 0.4) is 0 Å². The second-order valence-corrected chi connectivity index (χ2v) is 3.74. The van der Waals surface area contributed by atoms with Crippen LogP contribution < -0.4 is 5.32 Å². The summed E-state index contributed by atoms with van der Waals surface area (Å²) >= 11 is 3.55. The molecule has 0 aliphatic carbocycles. The maximum atomic E-state index is 3.55. The van der Waals surface area contributed by atoms with E-state index in [2.05, 4.69) is 46.4 Å². The van der Waals surface area contributed by atoms with Crippen molar-refractivity contribution in [3.05, 3.63) is 33.8 Å². The van der Waals surface area contributed by atoms with Crippen molar-refractivity contribution >= 4 is 15.9 Å². The lowest BCUT2D eigenvalue weighted by atomic mass is 10.1. The van der Waals surface area contributed by atoms with E-state index < -0.39 is 0 Å². The van der Waals surface area contributed by atoms with Crippen molar-refractivity contribution in [2.24, 2.45) is 0 Å². The lowest BCUT2D eigenvalue weighted by Gasteiger charge is -2.07. The van der Waals surface area contributed by atoms with Gasteiger partial charge in [-0.25, -0.2) is 0 Å². The molecule has 2 heteroatoms. The molecule has 1 N–H and O–H groups in total. The largest absolute Gasteiger partial charge is 0.319 e. The molecule has 0 aliphatic rings. The average Bonchev–Trinajstić information content (AvgIpc) is 2.04. The van der Waals surface area contributed by atoms with Crippen molar-refractivity contribution in [3.63, 3.8) is 0 Å². The standard InChI is InChI=1S/C10H14BrN/c1-8-4-3-5-10(11)9(8)6-7-12-2/h3-5,12H,6-7H2,1-2H3. The number of aryl methyl sites for hydroxylation is 1. The van der Waals surface area contributed by atoms with Gasteiger partial charge in [0.1, 0.15) is 0 Å². The molecule has 66 valence electrons. The fraction of sp³-hybridized carbons (Fsp3) is 0.400. The quantitative estimate of drug-likeness (QED) is 0.838. The second-order valence-electron chi connectivity index (χ2n) is 2.89. The summed E-state index contributed by atoms with van der Waals surface area (Å²) in [6, 6.07) is 6.32. The zero-order valence-corrected chi connectivity index (χ0v) is 9.11. The van der Waals surface area contributed by atoms with Crippen LogP contribution in [0.15, 0.2) is 22.7 Å². The lowest BCUT2D eigenvalue weighted by molar-refractivity contribution is 0.786. The third-order valence-electron chi connectivity index (χ3n) is 1.98. The Kier molecular flexibility index (Phi) is 3.76. The Morgan fingerprint density at radius 2 is 2.17 bits per heavy atom. The maximum Gasteiger partial charge on any atom is 0.0210 e. The van der Waals surface area contributed by atoms with Crippen LogP contribution in [0.4, 0.5) is 0 Å². The molecule has 0 atom stereocenters. The Morgan fingerprint density at radius 1 is 1.42 bits per heavy atom. The highest BCUT2D eigenvalue weighted by Gasteiger charge is 2.01. The first-order chi connectivity index (χ1) is 5.75. The van der Waals surface area contributed by atoms with Gasteiger partial charge in [-0.1, -0.05) is 28.1 Å². The van der Waals surface area contributed by atoms with Crippen LogP contribution in [-0.4, -0.2) is 13.6 Å². The van der Waals surface area contributed by atoms with Gasteiger partial charge in [0, 0.05) is 4.47 Å². The SMILES string of the molecule is CNCCc1c(C)cccc1Br. The molecule has 0 heterocycles. The van der Waals surface area contributed by atoms with Crippen LogP contribution in [0.25, 0.3) is 0 Å².